The molecule has 0 aliphatic rings. The van der Waals surface area contributed by atoms with Gasteiger partial charge < -0.3 is 5.48 Å². The number of benzene rings is 2. The van der Waals surface area contributed by atoms with Crippen LogP contribution in [0.2, 0.25) is 0 Å². The summed E-state index contributed by atoms with van der Waals surface area (Å²) in [4.78, 5) is 5.57. The Morgan fingerprint density at radius 1 is 0.750 bits per heavy atom. The van der Waals surface area contributed by atoms with E-state index in [0.717, 1.165) is 25.0 Å². The highest BCUT2D eigenvalue weighted by Gasteiger charge is 2.16. The van der Waals surface area contributed by atoms with Gasteiger partial charge in [-0.3, -0.25) is 0 Å². The van der Waals surface area contributed by atoms with Gasteiger partial charge in [0.1, 0.15) is 13.2 Å². The number of rotatable bonds is 8. The molecule has 2 rings (SSSR count). The van der Waals surface area contributed by atoms with Crippen molar-refractivity contribution >= 4 is 0 Å². The van der Waals surface area contributed by atoms with E-state index in [-0.39, 0.29) is 5.48 Å². The van der Waals surface area contributed by atoms with Gasteiger partial charge in [-0.2, -0.15) is 4.65 Å². The van der Waals surface area contributed by atoms with Crippen LogP contribution in [-0.4, -0.2) is 30.8 Å². The van der Waals surface area contributed by atoms with E-state index in [1.807, 2.05) is 13.0 Å². The summed E-state index contributed by atoms with van der Waals surface area (Å²) in [6.45, 7) is 12.8. The fraction of sp³-hybridized carbons (Fsp3) is 0.520. The lowest BCUT2D eigenvalue weighted by Gasteiger charge is -2.26. The highest BCUT2D eigenvalue weighted by atomic mass is 16.7. The molecule has 0 aromatic heterocycles. The van der Waals surface area contributed by atoms with Gasteiger partial charge in [-0.15, -0.1) is 0 Å². The van der Waals surface area contributed by atoms with Crippen LogP contribution >= 0.6 is 0 Å². The molecule has 0 aliphatic carbocycles. The molecule has 0 saturated carbocycles. The van der Waals surface area contributed by atoms with E-state index in [2.05, 4.69) is 90.3 Å². The Hall–Kier alpha value is -1.68. The standard InChI is InChI=1S/C14H22.C11H18NO.H2O/c1-11(2)9-13-7-5-6-8-14(13)10-12(3)4;1-4-13-12(2,3)10-11-8-6-5-7-9-11;/h5-8,11-12H,9-10H2,1-4H3;5-9H,4,10H2,1-3H3;1H2/q;+1;. The van der Waals surface area contributed by atoms with Gasteiger partial charge in [0, 0.05) is 5.56 Å². The minimum Gasteiger partial charge on any atom is -0.412 e. The summed E-state index contributed by atoms with van der Waals surface area (Å²) < 4.78 is 0.584. The molecule has 0 radical (unpaired) electrons. The Morgan fingerprint density at radius 2 is 1.18 bits per heavy atom. The van der Waals surface area contributed by atoms with E-state index in [1.54, 1.807) is 0 Å². The predicted molar refractivity (Wildman–Crippen MR) is 121 cm³/mol. The molecule has 0 spiro atoms. The van der Waals surface area contributed by atoms with Crippen molar-refractivity contribution in [3.63, 3.8) is 0 Å². The van der Waals surface area contributed by atoms with Gasteiger partial charge in [0.05, 0.1) is 14.1 Å². The van der Waals surface area contributed by atoms with E-state index < -0.39 is 0 Å². The molecule has 3 nitrogen and oxygen atoms in total. The first-order chi connectivity index (χ1) is 12.7. The quantitative estimate of drug-likeness (QED) is 0.436. The molecule has 0 heterocycles. The van der Waals surface area contributed by atoms with Crippen LogP contribution in [0.15, 0.2) is 54.6 Å². The van der Waals surface area contributed by atoms with Gasteiger partial charge in [0.2, 0.25) is 0 Å². The Bertz CT molecular complexity index is 607. The van der Waals surface area contributed by atoms with Crippen LogP contribution in [0, 0.1) is 11.8 Å². The molecule has 28 heavy (non-hydrogen) atoms. The Morgan fingerprint density at radius 3 is 1.57 bits per heavy atom. The molecule has 0 bridgehead atoms. The Kier molecular flexibility index (Phi) is 12.7. The fourth-order valence-electron chi connectivity index (χ4n) is 3.25. The highest BCUT2D eigenvalue weighted by Crippen LogP contribution is 2.17. The normalized spacial score (nSPS) is 11.0. The van der Waals surface area contributed by atoms with Crippen LogP contribution in [0.4, 0.5) is 0 Å². The highest BCUT2D eigenvalue weighted by molar-refractivity contribution is 5.27. The minimum atomic E-state index is 0. The van der Waals surface area contributed by atoms with E-state index in [0.29, 0.717) is 4.65 Å². The smallest absolute Gasteiger partial charge is 0.134 e. The van der Waals surface area contributed by atoms with Crippen molar-refractivity contribution in [2.45, 2.75) is 54.0 Å². The third-order valence-corrected chi connectivity index (χ3v) is 4.26. The second kappa shape index (κ2) is 13.5. The summed E-state index contributed by atoms with van der Waals surface area (Å²) in [5.74, 6) is 1.51. The van der Waals surface area contributed by atoms with Gasteiger partial charge in [0.15, 0.2) is 0 Å². The van der Waals surface area contributed by atoms with Crippen molar-refractivity contribution in [1.29, 1.82) is 0 Å². The summed E-state index contributed by atoms with van der Waals surface area (Å²) in [6.07, 6.45) is 2.42. The molecule has 2 aromatic rings. The molecule has 2 N–H and O–H groups in total. The lowest BCUT2D eigenvalue weighted by atomic mass is 9.93. The van der Waals surface area contributed by atoms with Crippen molar-refractivity contribution in [3.05, 3.63) is 71.3 Å². The topological polar surface area (TPSA) is 40.7 Å². The molecule has 0 atom stereocenters. The number of hydrogen-bond acceptors (Lipinski definition) is 1. The molecule has 158 valence electrons. The maximum atomic E-state index is 5.57. The van der Waals surface area contributed by atoms with E-state index in [4.69, 9.17) is 4.84 Å². The van der Waals surface area contributed by atoms with Crippen molar-refractivity contribution < 1.29 is 15.0 Å². The zero-order valence-electron chi connectivity index (χ0n) is 19.0. The van der Waals surface area contributed by atoms with Crippen LogP contribution in [-0.2, 0) is 24.2 Å². The van der Waals surface area contributed by atoms with E-state index >= 15 is 0 Å². The summed E-state index contributed by atoms with van der Waals surface area (Å²) in [5.41, 5.74) is 4.38. The second-order valence-corrected chi connectivity index (χ2v) is 8.60. The van der Waals surface area contributed by atoms with Gasteiger partial charge in [-0.05, 0) is 42.7 Å². The number of hydroxylamine groups is 3. The number of hydrogen-bond donors (Lipinski definition) is 0. The molecule has 0 unspecified atom stereocenters. The Labute approximate surface area is 173 Å². The summed E-state index contributed by atoms with van der Waals surface area (Å²) >= 11 is 0. The Balaban J connectivity index is 0.000000504. The zero-order valence-corrected chi connectivity index (χ0v) is 19.0. The summed E-state index contributed by atoms with van der Waals surface area (Å²) in [7, 11) is 4.13. The molecule has 0 saturated heterocycles. The molecule has 2 aromatic carbocycles. The average Bonchev–Trinajstić information content (AvgIpc) is 2.57. The van der Waals surface area contributed by atoms with Crippen LogP contribution < -0.4 is 0 Å². The molecular formula is C25H42NO2+. The van der Waals surface area contributed by atoms with Crippen LogP contribution in [0.1, 0.15) is 51.3 Å². The predicted octanol–water partition coefficient (Wildman–Crippen LogP) is 5.47. The van der Waals surface area contributed by atoms with Crippen molar-refractivity contribution in [2.24, 2.45) is 11.8 Å². The van der Waals surface area contributed by atoms with Crippen LogP contribution in [0.3, 0.4) is 0 Å². The molecule has 0 aliphatic heterocycles. The first-order valence-corrected chi connectivity index (χ1v) is 10.3. The van der Waals surface area contributed by atoms with E-state index in [1.165, 1.54) is 29.5 Å². The van der Waals surface area contributed by atoms with Gasteiger partial charge in [0.25, 0.3) is 0 Å². The lowest BCUT2D eigenvalue weighted by Crippen LogP contribution is -2.38. The maximum absolute atomic E-state index is 5.57. The third-order valence-electron chi connectivity index (χ3n) is 4.26. The van der Waals surface area contributed by atoms with Crippen LogP contribution in [0.5, 0.6) is 0 Å². The maximum Gasteiger partial charge on any atom is 0.134 e. The van der Waals surface area contributed by atoms with Crippen molar-refractivity contribution in [2.75, 3.05) is 20.7 Å². The zero-order chi connectivity index (χ0) is 20.3. The molecule has 0 amide bonds. The largest absolute Gasteiger partial charge is 0.412 e. The average molecular weight is 389 g/mol. The molecular weight excluding hydrogens is 346 g/mol. The van der Waals surface area contributed by atoms with Gasteiger partial charge in [-0.25, -0.2) is 4.84 Å². The van der Waals surface area contributed by atoms with Gasteiger partial charge in [-0.1, -0.05) is 82.3 Å². The minimum absolute atomic E-state index is 0. The number of quaternary nitrogens is 1. The van der Waals surface area contributed by atoms with Crippen LogP contribution in [0.25, 0.3) is 0 Å². The fourth-order valence-corrected chi connectivity index (χ4v) is 3.25. The van der Waals surface area contributed by atoms with Gasteiger partial charge >= 0.3 is 0 Å². The summed E-state index contributed by atoms with van der Waals surface area (Å²) in [5, 5.41) is 0. The number of nitrogens with zero attached hydrogens (tertiary/aromatic N) is 1. The van der Waals surface area contributed by atoms with Crippen molar-refractivity contribution in [1.82, 2.24) is 0 Å². The monoisotopic (exact) mass is 388 g/mol. The first kappa shape index (κ1) is 26.3. The third kappa shape index (κ3) is 11.2. The van der Waals surface area contributed by atoms with E-state index in [9.17, 15) is 0 Å². The summed E-state index contributed by atoms with van der Waals surface area (Å²) in [6, 6.07) is 19.3. The SMILES string of the molecule is CC(C)Cc1ccccc1CC(C)C.CCO[N+](C)(C)Cc1ccccc1.O. The molecule has 0 fully saturated rings. The first-order valence-electron chi connectivity index (χ1n) is 10.3. The van der Waals surface area contributed by atoms with Crippen molar-refractivity contribution in [3.8, 4) is 0 Å². The lowest BCUT2D eigenvalue weighted by molar-refractivity contribution is -1.09. The molecule has 3 heteroatoms. The second-order valence-electron chi connectivity index (χ2n) is 8.60.